The van der Waals surface area contributed by atoms with Crippen LogP contribution in [0.1, 0.15) is 27.2 Å². The van der Waals surface area contributed by atoms with Crippen molar-refractivity contribution in [1.29, 1.82) is 0 Å². The molecule has 19 heteroatoms. The first-order valence-corrected chi connectivity index (χ1v) is 11.2. The number of nitrogens with one attached hydrogen (secondary N) is 1. The molecule has 32 heavy (non-hydrogen) atoms. The van der Waals surface area contributed by atoms with E-state index in [-0.39, 0.29) is 0 Å². The number of rotatable bonds is 6. The molecule has 1 heterocycles. The van der Waals surface area contributed by atoms with Gasteiger partial charge in [-0.1, -0.05) is 6.92 Å². The van der Waals surface area contributed by atoms with Crippen LogP contribution in [0.25, 0.3) is 4.13 Å². The minimum absolute atomic E-state index is 0.422. The predicted molar refractivity (Wildman–Crippen MR) is 90.3 cm³/mol. The normalized spacial score (nSPS) is 21.2. The number of allylic oxidation sites excluding steroid dienone is 1. The number of nitrogens with zero attached hydrogens (tertiary/aromatic N) is 2. The van der Waals surface area contributed by atoms with Gasteiger partial charge >= 0.3 is 22.9 Å². The summed E-state index contributed by atoms with van der Waals surface area (Å²) in [5, 5.41) is -10.1. The molecule has 0 bridgehead atoms. The van der Waals surface area contributed by atoms with E-state index < -0.39 is 42.9 Å². The molecule has 2 unspecified atom stereocenters. The van der Waals surface area contributed by atoms with Gasteiger partial charge in [0.1, 0.15) is 6.04 Å². The van der Waals surface area contributed by atoms with Crippen molar-refractivity contribution >= 4 is 20.0 Å². The lowest BCUT2D eigenvalue weighted by Gasteiger charge is -2.31. The van der Waals surface area contributed by atoms with Crippen LogP contribution in [0.15, 0.2) is 11.8 Å². The van der Waals surface area contributed by atoms with Crippen molar-refractivity contribution in [3.05, 3.63) is 15.9 Å². The van der Waals surface area contributed by atoms with Crippen molar-refractivity contribution in [1.82, 2.24) is 5.01 Å². The molecule has 0 radical (unpaired) electrons. The predicted octanol–water partition coefficient (Wildman–Crippen LogP) is 2.76. The smallest absolute Gasteiger partial charge is 0.425 e. The molecule has 0 aromatic carbocycles. The van der Waals surface area contributed by atoms with Gasteiger partial charge in [0, 0.05) is 0 Å². The molecule has 0 spiro atoms. The van der Waals surface area contributed by atoms with Crippen molar-refractivity contribution in [2.24, 2.45) is 0 Å². The Bertz CT molecular complexity index is 844. The van der Waals surface area contributed by atoms with Gasteiger partial charge in [-0.3, -0.25) is 0 Å². The minimum atomic E-state index is -7.62. The first-order chi connectivity index (χ1) is 13.9. The molecule has 0 saturated carbocycles. The average Bonchev–Trinajstić information content (AvgIpc) is 2.79. The van der Waals surface area contributed by atoms with E-state index in [1.807, 2.05) is 0 Å². The van der Waals surface area contributed by atoms with Gasteiger partial charge in [-0.2, -0.15) is 43.9 Å². The summed E-state index contributed by atoms with van der Waals surface area (Å²) in [6.07, 6.45) is -10.4. The summed E-state index contributed by atoms with van der Waals surface area (Å²) < 4.78 is 161. The van der Waals surface area contributed by atoms with E-state index in [0.29, 0.717) is 10.2 Å². The Hall–Kier alpha value is -1.34. The SMILES string of the molecule is CCC[NH+]1C(C)C=C(C)N1C.O=S(=O)([N-]S(=O)(=O)C(F)(F)C(F)(F)F)C(F)(F)C(F)(F)F. The molecule has 0 aromatic heterocycles. The molecule has 1 N–H and O–H groups in total. The molecular weight excluding hydrogens is 516 g/mol. The Kier molecular flexibility index (Phi) is 9.10. The maximum absolute atomic E-state index is 12.3. The highest BCUT2D eigenvalue weighted by molar-refractivity contribution is 8.13. The van der Waals surface area contributed by atoms with Crippen LogP contribution in [0.4, 0.5) is 43.9 Å². The number of sulfonamides is 2. The number of halogens is 10. The molecule has 1 aliphatic heterocycles. The zero-order chi connectivity index (χ0) is 26.1. The molecule has 0 aromatic rings. The molecule has 0 fully saturated rings. The fourth-order valence-corrected chi connectivity index (χ4v) is 4.64. The number of hydrogen-bond acceptors (Lipinski definition) is 5. The van der Waals surface area contributed by atoms with Crippen molar-refractivity contribution in [3.8, 4) is 0 Å². The van der Waals surface area contributed by atoms with Gasteiger partial charge < -0.3 is 4.13 Å². The van der Waals surface area contributed by atoms with Gasteiger partial charge in [0.05, 0.1) is 19.3 Å². The number of quaternary nitrogens is 1. The summed E-state index contributed by atoms with van der Waals surface area (Å²) in [6, 6.07) is 0.667. The highest BCUT2D eigenvalue weighted by Crippen LogP contribution is 2.47. The van der Waals surface area contributed by atoms with Gasteiger partial charge in [0.15, 0.2) is 20.0 Å². The van der Waals surface area contributed by atoms with E-state index in [9.17, 15) is 60.7 Å². The first-order valence-electron chi connectivity index (χ1n) is 8.27. The summed E-state index contributed by atoms with van der Waals surface area (Å²) in [5.74, 6) is 0. The van der Waals surface area contributed by atoms with Crippen LogP contribution in [-0.4, -0.2) is 64.3 Å². The highest BCUT2D eigenvalue weighted by Gasteiger charge is 2.68. The lowest BCUT2D eigenvalue weighted by Crippen LogP contribution is -3.18. The van der Waals surface area contributed by atoms with Gasteiger partial charge in [-0.15, -0.1) is 0 Å². The van der Waals surface area contributed by atoms with E-state index in [4.69, 9.17) is 0 Å². The molecule has 1 rings (SSSR count). The Morgan fingerprint density at radius 2 is 1.25 bits per heavy atom. The summed E-state index contributed by atoms with van der Waals surface area (Å²) in [5.41, 5.74) is 1.40. The molecule has 7 nitrogen and oxygen atoms in total. The fraction of sp³-hybridized carbons (Fsp3) is 0.846. The Labute approximate surface area is 177 Å². The average molecular weight is 535 g/mol. The molecule has 0 amide bonds. The Balaban J connectivity index is 0.000000726. The lowest BCUT2D eigenvalue weighted by atomic mass is 10.3. The van der Waals surface area contributed by atoms with Crippen LogP contribution in [-0.2, 0) is 20.0 Å². The van der Waals surface area contributed by atoms with Crippen LogP contribution in [0, 0.1) is 0 Å². The maximum atomic E-state index is 12.3. The molecule has 0 aliphatic carbocycles. The molecule has 192 valence electrons. The Morgan fingerprint density at radius 3 is 1.47 bits per heavy atom. The largest absolute Gasteiger partial charge is 0.467 e. The van der Waals surface area contributed by atoms with E-state index in [1.54, 1.807) is 5.01 Å². The topological polar surface area (TPSA) is 90.1 Å². The second-order valence-electron chi connectivity index (χ2n) is 6.45. The van der Waals surface area contributed by atoms with E-state index in [1.165, 1.54) is 18.7 Å². The summed E-state index contributed by atoms with van der Waals surface area (Å²) in [6.45, 7) is 7.93. The van der Waals surface area contributed by atoms with Crippen molar-refractivity contribution < 1.29 is 65.7 Å². The number of hydrogen-bond donors (Lipinski definition) is 1. The van der Waals surface area contributed by atoms with E-state index >= 15 is 0 Å². The lowest BCUT2D eigenvalue weighted by molar-refractivity contribution is -1.01. The van der Waals surface area contributed by atoms with Crippen LogP contribution in [0.3, 0.4) is 0 Å². The minimum Gasteiger partial charge on any atom is -0.425 e. The standard InChI is InChI=1S/C9H18N2.C4F10NO4S2/c1-5-6-11-9(3)7-8(2)10(11)4;5-1(6,7)3(11,12)20(16,17)15-21(18,19)4(13,14)2(8,9)10/h7,9H,5-6H2,1-4H3;/q;-1/p+1. The van der Waals surface area contributed by atoms with Crippen molar-refractivity contribution in [3.63, 3.8) is 0 Å². The van der Waals surface area contributed by atoms with E-state index in [2.05, 4.69) is 38.9 Å². The molecule has 0 saturated heterocycles. The van der Waals surface area contributed by atoms with Gasteiger partial charge in [0.2, 0.25) is 0 Å². The monoisotopic (exact) mass is 535 g/mol. The first kappa shape index (κ1) is 30.7. The maximum Gasteiger partial charge on any atom is 0.467 e. The zero-order valence-electron chi connectivity index (χ0n) is 16.7. The van der Waals surface area contributed by atoms with Crippen LogP contribution in [0.2, 0.25) is 0 Å². The quantitative estimate of drug-likeness (QED) is 0.529. The summed E-state index contributed by atoms with van der Waals surface area (Å²) in [4.78, 5) is 0. The summed E-state index contributed by atoms with van der Waals surface area (Å²) in [7, 11) is -13.1. The van der Waals surface area contributed by atoms with Crippen LogP contribution in [0.5, 0.6) is 0 Å². The van der Waals surface area contributed by atoms with Gasteiger partial charge in [-0.05, 0) is 26.3 Å². The van der Waals surface area contributed by atoms with Crippen LogP contribution < -0.4 is 5.01 Å². The van der Waals surface area contributed by atoms with Crippen molar-refractivity contribution in [2.45, 2.75) is 56.1 Å². The van der Waals surface area contributed by atoms with Gasteiger partial charge in [-0.25, -0.2) is 26.9 Å². The fourth-order valence-electron chi connectivity index (χ4n) is 2.27. The molecule has 2 atom stereocenters. The Morgan fingerprint density at radius 1 is 0.906 bits per heavy atom. The molecular formula is C13H19F10N3O4S2. The van der Waals surface area contributed by atoms with Crippen LogP contribution >= 0.6 is 0 Å². The third-order valence-electron chi connectivity index (χ3n) is 3.99. The second-order valence-corrected chi connectivity index (χ2v) is 9.97. The van der Waals surface area contributed by atoms with Crippen molar-refractivity contribution in [2.75, 3.05) is 13.6 Å². The van der Waals surface area contributed by atoms with E-state index in [0.717, 1.165) is 0 Å². The molecule has 1 aliphatic rings. The third kappa shape index (κ3) is 6.16. The third-order valence-corrected chi connectivity index (χ3v) is 7.32. The van der Waals surface area contributed by atoms with Gasteiger partial charge in [0.25, 0.3) is 0 Å². The summed E-state index contributed by atoms with van der Waals surface area (Å²) >= 11 is 0. The highest BCUT2D eigenvalue weighted by atomic mass is 32.3. The second kappa shape index (κ2) is 9.49. The number of alkyl halides is 10. The zero-order valence-corrected chi connectivity index (χ0v) is 18.3.